The SMILES string of the molecule is Cl.O=C(NC1Cc2ccccc2C1)C1Cc2ccccc2CN1. The number of hydrogen-bond donors (Lipinski definition) is 2. The molecule has 1 heterocycles. The summed E-state index contributed by atoms with van der Waals surface area (Å²) in [6, 6.07) is 17.0. The summed E-state index contributed by atoms with van der Waals surface area (Å²) in [5.74, 6) is 0.132. The molecule has 2 aliphatic rings. The quantitative estimate of drug-likeness (QED) is 0.889. The van der Waals surface area contributed by atoms with Gasteiger partial charge in [0.25, 0.3) is 0 Å². The molecule has 4 rings (SSSR count). The average molecular weight is 329 g/mol. The van der Waals surface area contributed by atoms with E-state index in [9.17, 15) is 4.79 Å². The van der Waals surface area contributed by atoms with E-state index in [1.54, 1.807) is 0 Å². The topological polar surface area (TPSA) is 41.1 Å². The Morgan fingerprint density at radius 1 is 0.870 bits per heavy atom. The Balaban J connectivity index is 0.00000156. The highest BCUT2D eigenvalue weighted by Crippen LogP contribution is 2.22. The minimum atomic E-state index is -0.112. The zero-order chi connectivity index (χ0) is 14.9. The lowest BCUT2D eigenvalue weighted by Gasteiger charge is -2.26. The van der Waals surface area contributed by atoms with Gasteiger partial charge >= 0.3 is 0 Å². The maximum atomic E-state index is 12.5. The maximum Gasteiger partial charge on any atom is 0.237 e. The second-order valence-corrected chi connectivity index (χ2v) is 6.29. The highest BCUT2D eigenvalue weighted by atomic mass is 35.5. The molecule has 2 N–H and O–H groups in total. The molecule has 23 heavy (non-hydrogen) atoms. The molecule has 3 nitrogen and oxygen atoms in total. The number of benzene rings is 2. The van der Waals surface area contributed by atoms with Gasteiger partial charge in [0.05, 0.1) is 6.04 Å². The van der Waals surface area contributed by atoms with Gasteiger partial charge in [0, 0.05) is 12.6 Å². The Hall–Kier alpha value is -1.84. The van der Waals surface area contributed by atoms with Crippen molar-refractivity contribution in [2.45, 2.75) is 37.9 Å². The van der Waals surface area contributed by atoms with E-state index >= 15 is 0 Å². The zero-order valence-corrected chi connectivity index (χ0v) is 13.7. The molecule has 0 bridgehead atoms. The number of fused-ring (bicyclic) bond motifs is 2. The molecule has 0 radical (unpaired) electrons. The summed E-state index contributed by atoms with van der Waals surface area (Å²) in [4.78, 5) is 12.5. The summed E-state index contributed by atoms with van der Waals surface area (Å²) in [6.45, 7) is 0.777. The molecule has 1 unspecified atom stereocenters. The summed E-state index contributed by atoms with van der Waals surface area (Å²) < 4.78 is 0. The number of carbonyl (C=O) groups is 1. The molecule has 2 aromatic carbocycles. The number of nitrogens with one attached hydrogen (secondary N) is 2. The molecular formula is C19H21ClN2O. The normalized spacial score (nSPS) is 19.4. The van der Waals surface area contributed by atoms with E-state index in [0.29, 0.717) is 0 Å². The third-order valence-corrected chi connectivity index (χ3v) is 4.80. The average Bonchev–Trinajstić information content (AvgIpc) is 2.96. The lowest BCUT2D eigenvalue weighted by Crippen LogP contribution is -2.50. The Bertz CT molecular complexity index is 691. The van der Waals surface area contributed by atoms with Crippen molar-refractivity contribution in [3.8, 4) is 0 Å². The number of halogens is 1. The van der Waals surface area contributed by atoms with Gasteiger partial charge < -0.3 is 10.6 Å². The van der Waals surface area contributed by atoms with Crippen LogP contribution in [0, 0.1) is 0 Å². The first-order chi connectivity index (χ1) is 10.8. The molecule has 1 atom stereocenters. The van der Waals surface area contributed by atoms with E-state index < -0.39 is 0 Å². The zero-order valence-electron chi connectivity index (χ0n) is 12.9. The van der Waals surface area contributed by atoms with Crippen LogP contribution in [0.2, 0.25) is 0 Å². The predicted octanol–water partition coefficient (Wildman–Crippen LogP) is 2.41. The van der Waals surface area contributed by atoms with E-state index in [1.165, 1.54) is 22.3 Å². The number of carbonyl (C=O) groups excluding carboxylic acids is 1. The Morgan fingerprint density at radius 3 is 2.00 bits per heavy atom. The van der Waals surface area contributed by atoms with Crippen molar-refractivity contribution < 1.29 is 4.79 Å². The molecule has 0 saturated carbocycles. The van der Waals surface area contributed by atoms with Gasteiger partial charge in [-0.3, -0.25) is 4.79 Å². The molecule has 0 aromatic heterocycles. The Labute approximate surface area is 142 Å². The molecular weight excluding hydrogens is 308 g/mol. The lowest BCUT2D eigenvalue weighted by molar-refractivity contribution is -0.124. The van der Waals surface area contributed by atoms with Crippen molar-refractivity contribution in [3.63, 3.8) is 0 Å². The van der Waals surface area contributed by atoms with E-state index in [-0.39, 0.29) is 30.4 Å². The molecule has 4 heteroatoms. The molecule has 0 spiro atoms. The molecule has 2 aromatic rings. The van der Waals surface area contributed by atoms with Crippen LogP contribution in [0.15, 0.2) is 48.5 Å². The predicted molar refractivity (Wildman–Crippen MR) is 93.8 cm³/mol. The summed E-state index contributed by atoms with van der Waals surface area (Å²) in [5.41, 5.74) is 5.33. The molecule has 0 fully saturated rings. The highest BCUT2D eigenvalue weighted by molar-refractivity contribution is 5.85. The van der Waals surface area contributed by atoms with Crippen LogP contribution < -0.4 is 10.6 Å². The van der Waals surface area contributed by atoms with Crippen molar-refractivity contribution in [2.24, 2.45) is 0 Å². The fourth-order valence-electron chi connectivity index (χ4n) is 3.60. The molecule has 1 amide bonds. The number of rotatable bonds is 2. The van der Waals surface area contributed by atoms with Crippen molar-refractivity contribution in [3.05, 3.63) is 70.8 Å². The van der Waals surface area contributed by atoms with Crippen LogP contribution in [0.25, 0.3) is 0 Å². The molecule has 1 aliphatic heterocycles. The van der Waals surface area contributed by atoms with Crippen LogP contribution in [0.3, 0.4) is 0 Å². The Morgan fingerprint density at radius 2 is 1.39 bits per heavy atom. The minimum Gasteiger partial charge on any atom is -0.351 e. The van der Waals surface area contributed by atoms with Gasteiger partial charge in [0.1, 0.15) is 0 Å². The number of hydrogen-bond acceptors (Lipinski definition) is 2. The Kier molecular flexibility index (Phi) is 4.69. The van der Waals surface area contributed by atoms with E-state index in [2.05, 4.69) is 53.1 Å². The maximum absolute atomic E-state index is 12.5. The standard InChI is InChI=1S/C19H20N2O.ClH/c22-19(18-11-15-7-3-4-8-16(15)12-20-18)21-17-9-13-5-1-2-6-14(13)10-17;/h1-8,17-18,20H,9-12H2,(H,21,22);1H. The smallest absolute Gasteiger partial charge is 0.237 e. The van der Waals surface area contributed by atoms with Crippen LogP contribution in [0.4, 0.5) is 0 Å². The van der Waals surface area contributed by atoms with Gasteiger partial charge in [-0.2, -0.15) is 0 Å². The van der Waals surface area contributed by atoms with Gasteiger partial charge in [-0.15, -0.1) is 12.4 Å². The van der Waals surface area contributed by atoms with E-state index in [4.69, 9.17) is 0 Å². The second kappa shape index (κ2) is 6.73. The van der Waals surface area contributed by atoms with Crippen LogP contribution in [0.1, 0.15) is 22.3 Å². The summed E-state index contributed by atoms with van der Waals surface area (Å²) >= 11 is 0. The first-order valence-electron chi connectivity index (χ1n) is 7.97. The monoisotopic (exact) mass is 328 g/mol. The number of amides is 1. The highest BCUT2D eigenvalue weighted by Gasteiger charge is 2.28. The minimum absolute atomic E-state index is 0. The van der Waals surface area contributed by atoms with E-state index in [1.807, 2.05) is 6.07 Å². The van der Waals surface area contributed by atoms with Crippen LogP contribution in [0.5, 0.6) is 0 Å². The summed E-state index contributed by atoms with van der Waals surface area (Å²) in [5, 5.41) is 6.58. The van der Waals surface area contributed by atoms with Gasteiger partial charge in [-0.05, 0) is 41.5 Å². The fraction of sp³-hybridized carbons (Fsp3) is 0.316. The largest absolute Gasteiger partial charge is 0.351 e. The molecule has 0 saturated heterocycles. The van der Waals surface area contributed by atoms with Crippen molar-refractivity contribution >= 4 is 18.3 Å². The van der Waals surface area contributed by atoms with Crippen molar-refractivity contribution in [1.82, 2.24) is 10.6 Å². The van der Waals surface area contributed by atoms with Gasteiger partial charge in [-0.25, -0.2) is 0 Å². The lowest BCUT2D eigenvalue weighted by atomic mass is 9.95. The third kappa shape index (κ3) is 3.26. The van der Waals surface area contributed by atoms with Gasteiger partial charge in [0.2, 0.25) is 5.91 Å². The third-order valence-electron chi connectivity index (χ3n) is 4.80. The summed E-state index contributed by atoms with van der Waals surface area (Å²) in [6.07, 6.45) is 2.68. The summed E-state index contributed by atoms with van der Waals surface area (Å²) in [7, 11) is 0. The van der Waals surface area contributed by atoms with Crippen LogP contribution in [-0.4, -0.2) is 18.0 Å². The molecule has 1 aliphatic carbocycles. The first-order valence-corrected chi connectivity index (χ1v) is 7.97. The van der Waals surface area contributed by atoms with Gasteiger partial charge in [0.15, 0.2) is 0 Å². The van der Waals surface area contributed by atoms with Crippen molar-refractivity contribution in [2.75, 3.05) is 0 Å². The van der Waals surface area contributed by atoms with E-state index in [0.717, 1.165) is 25.8 Å². The van der Waals surface area contributed by atoms with Crippen LogP contribution in [-0.2, 0) is 30.6 Å². The second-order valence-electron chi connectivity index (χ2n) is 6.29. The fourth-order valence-corrected chi connectivity index (χ4v) is 3.60. The molecule has 120 valence electrons. The van der Waals surface area contributed by atoms with Gasteiger partial charge in [-0.1, -0.05) is 48.5 Å². The van der Waals surface area contributed by atoms with Crippen molar-refractivity contribution in [1.29, 1.82) is 0 Å². The first kappa shape index (κ1) is 16.0. The van der Waals surface area contributed by atoms with Crippen LogP contribution >= 0.6 is 12.4 Å².